The van der Waals surface area contributed by atoms with Gasteiger partial charge in [-0.1, -0.05) is 70.5 Å². The third kappa shape index (κ3) is 5.04. The van der Waals surface area contributed by atoms with Crippen LogP contribution >= 0.6 is 44.7 Å². The maximum absolute atomic E-state index is 12.1. The van der Waals surface area contributed by atoms with Crippen LogP contribution in [0.1, 0.15) is 0 Å². The average Bonchev–Trinajstić information content (AvgIpc) is 2.74. The first-order valence-electron chi connectivity index (χ1n) is 8.69. The number of halogens is 2. The highest BCUT2D eigenvalue weighted by molar-refractivity contribution is 9.09. The van der Waals surface area contributed by atoms with Crippen LogP contribution in [0.15, 0.2) is 83.9 Å². The molecule has 0 bridgehead atoms. The minimum atomic E-state index is -0.0233. The zero-order chi connectivity index (χ0) is 19.3. The average molecular weight is 531 g/mol. The first kappa shape index (κ1) is 21.5. The quantitative estimate of drug-likeness (QED) is 0.138. The lowest BCUT2D eigenvalue weighted by molar-refractivity contribution is -0.108. The second-order valence-electron chi connectivity index (χ2n) is 6.01. The van der Waals surface area contributed by atoms with Crippen LogP contribution in [0.2, 0.25) is 0 Å². The maximum Gasteiger partial charge on any atom is 0.207 e. The van der Waals surface area contributed by atoms with E-state index in [0.29, 0.717) is 5.17 Å². The summed E-state index contributed by atoms with van der Waals surface area (Å²) >= 11 is 4.31. The van der Waals surface area contributed by atoms with E-state index in [1.807, 2.05) is 78.9 Å². The fourth-order valence-electron chi connectivity index (χ4n) is 2.90. The monoisotopic (exact) mass is 529 g/mol. The van der Waals surface area contributed by atoms with Crippen molar-refractivity contribution in [3.05, 3.63) is 78.9 Å². The number of carbonyl (C=O) groups excluding carboxylic acids is 1. The van der Waals surface area contributed by atoms with Crippen LogP contribution < -0.4 is 5.32 Å². The minimum absolute atomic E-state index is 0. The number of thioether (sulfide) groups is 1. The van der Waals surface area contributed by atoms with Gasteiger partial charge in [0.15, 0.2) is 5.17 Å². The first-order valence-corrected chi connectivity index (χ1v) is 10.6. The third-order valence-corrected chi connectivity index (χ3v) is 5.76. The first-order chi connectivity index (χ1) is 13.7. The van der Waals surface area contributed by atoms with Crippen LogP contribution in [0.25, 0.3) is 21.8 Å². The Kier molecular flexibility index (Phi) is 7.41. The molecular weight excluding hydrogens is 514 g/mol. The van der Waals surface area contributed by atoms with Crippen molar-refractivity contribution in [3.63, 3.8) is 0 Å². The molecule has 0 amide bonds. The van der Waals surface area contributed by atoms with Crippen molar-refractivity contribution >= 4 is 88.1 Å². The van der Waals surface area contributed by atoms with Crippen LogP contribution in [-0.2, 0) is 4.79 Å². The number of alkyl halides is 1. The standard InChI is InChI=1S/C22H16BrN3OS.BrH/c23-14-20(27)28-22(24-15-8-2-1-3-9-15)26-21-16-10-4-6-12-18(16)25-19-13-7-5-11-17(19)21;/h1-13H,14H2,(H,24,25,26);1H. The molecule has 0 unspecified atom stereocenters. The van der Waals surface area contributed by atoms with Crippen LogP contribution in [0.4, 0.5) is 11.4 Å². The van der Waals surface area contributed by atoms with Gasteiger partial charge in [-0.05, 0) is 36.0 Å². The van der Waals surface area contributed by atoms with Gasteiger partial charge in [0.25, 0.3) is 0 Å². The summed E-state index contributed by atoms with van der Waals surface area (Å²) in [5.74, 6) is 0. The van der Waals surface area contributed by atoms with Gasteiger partial charge in [-0.15, -0.1) is 17.0 Å². The number of nitrogens with zero attached hydrogens (tertiary/aromatic N) is 2. The van der Waals surface area contributed by atoms with Gasteiger partial charge in [0.2, 0.25) is 5.12 Å². The van der Waals surface area contributed by atoms with Crippen molar-refractivity contribution in [2.24, 2.45) is 4.99 Å². The summed E-state index contributed by atoms with van der Waals surface area (Å²) in [6, 6.07) is 25.5. The lowest BCUT2D eigenvalue weighted by Crippen LogP contribution is -2.11. The molecule has 0 fully saturated rings. The molecule has 4 aromatic rings. The number of nitrogens with one attached hydrogen (secondary N) is 1. The highest BCUT2D eigenvalue weighted by Crippen LogP contribution is 2.34. The molecule has 1 N–H and O–H groups in total. The molecule has 7 heteroatoms. The van der Waals surface area contributed by atoms with E-state index in [-0.39, 0.29) is 27.4 Å². The van der Waals surface area contributed by atoms with Crippen molar-refractivity contribution in [2.45, 2.75) is 0 Å². The van der Waals surface area contributed by atoms with E-state index in [9.17, 15) is 4.79 Å². The van der Waals surface area contributed by atoms with Gasteiger partial charge in [-0.3, -0.25) is 4.79 Å². The SMILES string of the molecule is Br.O=C(CBr)SC(=Nc1c2ccccc2nc2ccccc12)Nc1ccccc1. The number of benzene rings is 3. The molecule has 0 saturated heterocycles. The van der Waals surface area contributed by atoms with Crippen molar-refractivity contribution in [2.75, 3.05) is 10.6 Å². The van der Waals surface area contributed by atoms with Gasteiger partial charge < -0.3 is 5.32 Å². The molecule has 0 aliphatic heterocycles. The van der Waals surface area contributed by atoms with Crippen LogP contribution in [0, 0.1) is 0 Å². The molecule has 1 heterocycles. The Bertz CT molecular complexity index is 1130. The smallest absolute Gasteiger partial charge is 0.207 e. The second-order valence-corrected chi connectivity index (χ2v) is 7.62. The van der Waals surface area contributed by atoms with Gasteiger partial charge in [-0.2, -0.15) is 0 Å². The van der Waals surface area contributed by atoms with Gasteiger partial charge in [0.1, 0.15) is 0 Å². The number of rotatable bonds is 3. The zero-order valence-electron chi connectivity index (χ0n) is 15.2. The van der Waals surface area contributed by atoms with E-state index < -0.39 is 0 Å². The lowest BCUT2D eigenvalue weighted by atomic mass is 10.1. The Labute approximate surface area is 191 Å². The van der Waals surface area contributed by atoms with Crippen molar-refractivity contribution < 1.29 is 4.79 Å². The third-order valence-electron chi connectivity index (χ3n) is 4.12. The van der Waals surface area contributed by atoms with E-state index in [0.717, 1.165) is 44.9 Å². The van der Waals surface area contributed by atoms with Crippen LogP contribution in [-0.4, -0.2) is 20.6 Å². The number of fused-ring (bicyclic) bond motifs is 2. The highest BCUT2D eigenvalue weighted by Gasteiger charge is 2.13. The van der Waals surface area contributed by atoms with Crippen molar-refractivity contribution in [3.8, 4) is 0 Å². The Hall–Kier alpha value is -2.22. The summed E-state index contributed by atoms with van der Waals surface area (Å²) in [5.41, 5.74) is 3.42. The maximum atomic E-state index is 12.1. The summed E-state index contributed by atoms with van der Waals surface area (Å²) in [4.78, 5) is 21.7. The van der Waals surface area contributed by atoms with Gasteiger partial charge in [0, 0.05) is 16.5 Å². The zero-order valence-corrected chi connectivity index (χ0v) is 19.3. The van der Waals surface area contributed by atoms with Gasteiger partial charge in [0.05, 0.1) is 22.1 Å². The number of pyridine rings is 1. The number of para-hydroxylation sites is 3. The van der Waals surface area contributed by atoms with E-state index in [2.05, 4.69) is 21.2 Å². The molecule has 4 rings (SSSR count). The number of aromatic nitrogens is 1. The summed E-state index contributed by atoms with van der Waals surface area (Å²) in [7, 11) is 0. The lowest BCUT2D eigenvalue weighted by Gasteiger charge is -2.11. The number of amidine groups is 1. The molecule has 0 aliphatic carbocycles. The fraction of sp³-hybridized carbons (Fsp3) is 0.0455. The second kappa shape index (κ2) is 10.0. The summed E-state index contributed by atoms with van der Waals surface area (Å²) in [6.07, 6.45) is 0. The van der Waals surface area contributed by atoms with Crippen molar-refractivity contribution in [1.82, 2.24) is 4.98 Å². The number of hydrogen-bond acceptors (Lipinski definition) is 4. The predicted octanol–water partition coefficient (Wildman–Crippen LogP) is 6.72. The largest absolute Gasteiger partial charge is 0.334 e. The predicted molar refractivity (Wildman–Crippen MR) is 133 cm³/mol. The number of anilines is 1. The van der Waals surface area contributed by atoms with Crippen molar-refractivity contribution in [1.29, 1.82) is 0 Å². The molecule has 0 saturated carbocycles. The number of carbonyl (C=O) groups is 1. The molecule has 0 radical (unpaired) electrons. The minimum Gasteiger partial charge on any atom is -0.334 e. The molecule has 0 atom stereocenters. The Morgan fingerprint density at radius 2 is 1.45 bits per heavy atom. The Balaban J connectivity index is 0.00000240. The molecule has 146 valence electrons. The highest BCUT2D eigenvalue weighted by atomic mass is 79.9. The van der Waals surface area contributed by atoms with Gasteiger partial charge >= 0.3 is 0 Å². The summed E-state index contributed by atoms with van der Waals surface area (Å²) in [6.45, 7) is 0. The Morgan fingerprint density at radius 1 is 0.897 bits per heavy atom. The topological polar surface area (TPSA) is 54.4 Å². The van der Waals surface area contributed by atoms with E-state index in [1.54, 1.807) is 0 Å². The summed E-state index contributed by atoms with van der Waals surface area (Å²) in [5, 5.41) is 5.92. The van der Waals surface area contributed by atoms with Gasteiger partial charge in [-0.25, -0.2) is 9.98 Å². The fourth-order valence-corrected chi connectivity index (χ4v) is 3.82. The molecule has 0 spiro atoms. The molecule has 3 aromatic carbocycles. The molecule has 1 aromatic heterocycles. The number of hydrogen-bond donors (Lipinski definition) is 1. The molecule has 29 heavy (non-hydrogen) atoms. The van der Waals surface area contributed by atoms with E-state index in [1.165, 1.54) is 0 Å². The van der Waals surface area contributed by atoms with E-state index >= 15 is 0 Å². The van der Waals surface area contributed by atoms with Crippen LogP contribution in [0.5, 0.6) is 0 Å². The Morgan fingerprint density at radius 3 is 2.03 bits per heavy atom. The molecule has 4 nitrogen and oxygen atoms in total. The molecular formula is C22H17Br2N3OS. The number of aliphatic imine (C=N–C) groups is 1. The van der Waals surface area contributed by atoms with Crippen LogP contribution in [0.3, 0.4) is 0 Å². The summed E-state index contributed by atoms with van der Waals surface area (Å²) < 4.78 is 0. The van der Waals surface area contributed by atoms with E-state index in [4.69, 9.17) is 9.98 Å². The molecule has 0 aliphatic rings. The normalized spacial score (nSPS) is 11.3.